The van der Waals surface area contributed by atoms with E-state index in [9.17, 15) is 0 Å². The molecular formula is C18H28N2. The Morgan fingerprint density at radius 2 is 2.00 bits per heavy atom. The number of hydrogen-bond acceptors (Lipinski definition) is 2. The third kappa shape index (κ3) is 2.77. The molecule has 1 aliphatic carbocycles. The quantitative estimate of drug-likeness (QED) is 0.896. The Balaban J connectivity index is 1.67. The lowest BCUT2D eigenvalue weighted by atomic mass is 9.85. The minimum Gasteiger partial charge on any atom is -0.327 e. The third-order valence-electron chi connectivity index (χ3n) is 5.50. The minimum absolute atomic E-state index is 0.328. The number of nitrogens with zero attached hydrogens (tertiary/aromatic N) is 1. The van der Waals surface area contributed by atoms with Crippen molar-refractivity contribution >= 4 is 0 Å². The highest BCUT2D eigenvalue weighted by molar-refractivity contribution is 5.28. The van der Waals surface area contributed by atoms with Gasteiger partial charge in [-0.2, -0.15) is 0 Å². The van der Waals surface area contributed by atoms with E-state index in [1.165, 1.54) is 44.3 Å². The van der Waals surface area contributed by atoms with Crippen LogP contribution in [-0.2, 0) is 13.0 Å². The number of aryl methyl sites for hydroxylation is 1. The molecule has 1 aromatic rings. The Bertz CT molecular complexity index is 466. The van der Waals surface area contributed by atoms with Crippen LogP contribution in [0.2, 0.25) is 0 Å². The number of benzene rings is 1. The summed E-state index contributed by atoms with van der Waals surface area (Å²) >= 11 is 0. The zero-order chi connectivity index (χ0) is 14.2. The maximum atomic E-state index is 6.48. The summed E-state index contributed by atoms with van der Waals surface area (Å²) in [5, 5.41) is 0. The maximum Gasteiger partial charge on any atom is 0.0236 e. The number of hydrogen-bond donors (Lipinski definition) is 1. The van der Waals surface area contributed by atoms with Gasteiger partial charge in [-0.05, 0) is 54.7 Å². The molecule has 0 amide bonds. The van der Waals surface area contributed by atoms with Crippen LogP contribution < -0.4 is 5.73 Å². The second kappa shape index (κ2) is 5.50. The third-order valence-corrected chi connectivity index (χ3v) is 5.50. The van der Waals surface area contributed by atoms with Gasteiger partial charge in [-0.1, -0.05) is 38.1 Å². The van der Waals surface area contributed by atoms with Crippen molar-refractivity contribution in [2.24, 2.45) is 17.1 Å². The average molecular weight is 272 g/mol. The summed E-state index contributed by atoms with van der Waals surface area (Å²) in [4.78, 5) is 2.64. The molecule has 110 valence electrons. The van der Waals surface area contributed by atoms with Crippen LogP contribution in [0.4, 0.5) is 0 Å². The Morgan fingerprint density at radius 3 is 2.70 bits per heavy atom. The maximum absolute atomic E-state index is 6.48. The lowest BCUT2D eigenvalue weighted by Crippen LogP contribution is -2.42. The van der Waals surface area contributed by atoms with Gasteiger partial charge < -0.3 is 5.73 Å². The Kier molecular flexibility index (Phi) is 3.87. The molecule has 0 bridgehead atoms. The Labute approximate surface area is 123 Å². The fourth-order valence-corrected chi connectivity index (χ4v) is 4.00. The van der Waals surface area contributed by atoms with Gasteiger partial charge in [0.15, 0.2) is 0 Å². The highest BCUT2D eigenvalue weighted by Gasteiger charge is 2.39. The molecule has 3 rings (SSSR count). The van der Waals surface area contributed by atoms with E-state index in [2.05, 4.69) is 43.0 Å². The van der Waals surface area contributed by atoms with Crippen LogP contribution in [0.5, 0.6) is 0 Å². The Morgan fingerprint density at radius 1 is 1.25 bits per heavy atom. The van der Waals surface area contributed by atoms with E-state index in [1.54, 1.807) is 5.56 Å². The van der Waals surface area contributed by atoms with E-state index < -0.39 is 0 Å². The zero-order valence-corrected chi connectivity index (χ0v) is 12.9. The highest BCUT2D eigenvalue weighted by atomic mass is 15.1. The number of nitrogens with two attached hydrogens (primary N) is 1. The molecule has 2 nitrogen and oxygen atoms in total. The first kappa shape index (κ1) is 14.1. The first-order chi connectivity index (χ1) is 9.56. The van der Waals surface area contributed by atoms with Gasteiger partial charge in [0.1, 0.15) is 0 Å². The topological polar surface area (TPSA) is 29.3 Å². The molecule has 1 saturated carbocycles. The van der Waals surface area contributed by atoms with Crippen LogP contribution in [0.3, 0.4) is 0 Å². The second-order valence-corrected chi connectivity index (χ2v) is 7.42. The average Bonchev–Trinajstić information content (AvgIpc) is 2.62. The van der Waals surface area contributed by atoms with Crippen molar-refractivity contribution in [2.75, 3.05) is 13.1 Å². The minimum atomic E-state index is 0.328. The summed E-state index contributed by atoms with van der Waals surface area (Å²) in [6.07, 6.45) is 5.09. The summed E-state index contributed by atoms with van der Waals surface area (Å²) < 4.78 is 0. The van der Waals surface area contributed by atoms with Crippen LogP contribution in [0.15, 0.2) is 24.3 Å². The van der Waals surface area contributed by atoms with Crippen molar-refractivity contribution in [3.63, 3.8) is 0 Å². The molecule has 2 unspecified atom stereocenters. The molecule has 2 heteroatoms. The van der Waals surface area contributed by atoms with Gasteiger partial charge in [0.05, 0.1) is 0 Å². The summed E-state index contributed by atoms with van der Waals surface area (Å²) in [6, 6.07) is 9.30. The predicted octanol–water partition coefficient (Wildman–Crippen LogP) is 3.20. The first-order valence-corrected chi connectivity index (χ1v) is 8.11. The Hall–Kier alpha value is -0.860. The summed E-state index contributed by atoms with van der Waals surface area (Å²) in [7, 11) is 0. The van der Waals surface area contributed by atoms with Gasteiger partial charge in [0.25, 0.3) is 0 Å². The van der Waals surface area contributed by atoms with E-state index in [4.69, 9.17) is 5.73 Å². The second-order valence-electron chi connectivity index (χ2n) is 7.42. The van der Waals surface area contributed by atoms with E-state index >= 15 is 0 Å². The highest BCUT2D eigenvalue weighted by Crippen LogP contribution is 2.40. The normalized spacial score (nSPS) is 29.9. The van der Waals surface area contributed by atoms with Gasteiger partial charge in [0, 0.05) is 19.1 Å². The fraction of sp³-hybridized carbons (Fsp3) is 0.667. The number of fused-ring (bicyclic) bond motifs is 1. The smallest absolute Gasteiger partial charge is 0.0236 e. The van der Waals surface area contributed by atoms with Crippen LogP contribution in [0, 0.1) is 11.3 Å². The molecule has 0 radical (unpaired) electrons. The standard InChI is InChI=1S/C18H28N2/c1-18(2)10-9-16(17(18)19)13-20-11-5-8-14-6-3-4-7-15(14)12-20/h3-4,6-7,16-17H,5,8-13,19H2,1-2H3. The summed E-state index contributed by atoms with van der Waals surface area (Å²) in [6.45, 7) is 8.17. The molecule has 1 aromatic carbocycles. The largest absolute Gasteiger partial charge is 0.327 e. The summed E-state index contributed by atoms with van der Waals surface area (Å²) in [5.41, 5.74) is 9.88. The van der Waals surface area contributed by atoms with Gasteiger partial charge in [-0.25, -0.2) is 0 Å². The molecule has 2 atom stereocenters. The van der Waals surface area contributed by atoms with E-state index in [1.807, 2.05) is 0 Å². The van der Waals surface area contributed by atoms with Crippen molar-refractivity contribution in [2.45, 2.75) is 52.1 Å². The molecule has 2 N–H and O–H groups in total. The van der Waals surface area contributed by atoms with Crippen molar-refractivity contribution in [3.8, 4) is 0 Å². The molecule has 1 aliphatic heterocycles. The molecule has 0 aromatic heterocycles. The summed E-state index contributed by atoms with van der Waals surface area (Å²) in [5.74, 6) is 0.676. The molecule has 1 heterocycles. The fourth-order valence-electron chi connectivity index (χ4n) is 4.00. The van der Waals surface area contributed by atoms with Crippen molar-refractivity contribution in [1.82, 2.24) is 4.90 Å². The number of rotatable bonds is 2. The van der Waals surface area contributed by atoms with Crippen molar-refractivity contribution < 1.29 is 0 Å². The van der Waals surface area contributed by atoms with E-state index in [0.29, 0.717) is 17.4 Å². The van der Waals surface area contributed by atoms with E-state index in [0.717, 1.165) is 6.54 Å². The van der Waals surface area contributed by atoms with Gasteiger partial charge >= 0.3 is 0 Å². The SMILES string of the molecule is CC1(C)CCC(CN2CCCc3ccccc3C2)C1N. The zero-order valence-electron chi connectivity index (χ0n) is 12.9. The monoisotopic (exact) mass is 272 g/mol. The van der Waals surface area contributed by atoms with Gasteiger partial charge in [-0.3, -0.25) is 4.90 Å². The van der Waals surface area contributed by atoms with Crippen LogP contribution in [0.1, 0.15) is 44.2 Å². The van der Waals surface area contributed by atoms with Gasteiger partial charge in [-0.15, -0.1) is 0 Å². The van der Waals surface area contributed by atoms with Crippen molar-refractivity contribution in [1.29, 1.82) is 0 Å². The van der Waals surface area contributed by atoms with Crippen molar-refractivity contribution in [3.05, 3.63) is 35.4 Å². The molecule has 1 fully saturated rings. The lowest BCUT2D eigenvalue weighted by Gasteiger charge is -2.30. The lowest BCUT2D eigenvalue weighted by molar-refractivity contribution is 0.200. The van der Waals surface area contributed by atoms with Crippen LogP contribution >= 0.6 is 0 Å². The first-order valence-electron chi connectivity index (χ1n) is 8.11. The molecule has 0 saturated heterocycles. The predicted molar refractivity (Wildman–Crippen MR) is 84.5 cm³/mol. The van der Waals surface area contributed by atoms with Gasteiger partial charge in [0.2, 0.25) is 0 Å². The van der Waals surface area contributed by atoms with Crippen LogP contribution in [-0.4, -0.2) is 24.0 Å². The van der Waals surface area contributed by atoms with E-state index in [-0.39, 0.29) is 0 Å². The van der Waals surface area contributed by atoms with Crippen LogP contribution in [0.25, 0.3) is 0 Å². The molecule has 0 spiro atoms. The molecule has 2 aliphatic rings. The molecular weight excluding hydrogens is 244 g/mol. The molecule has 20 heavy (non-hydrogen) atoms.